The number of carbonyl (C=O) groups is 1. The summed E-state index contributed by atoms with van der Waals surface area (Å²) < 4.78 is 14.4. The third-order valence-electron chi connectivity index (χ3n) is 7.45. The van der Waals surface area contributed by atoms with Crippen LogP contribution in [0.2, 0.25) is 0 Å². The van der Waals surface area contributed by atoms with Crippen LogP contribution in [0.25, 0.3) is 10.2 Å². The van der Waals surface area contributed by atoms with E-state index >= 15 is 0 Å². The molecule has 0 radical (unpaired) electrons. The Bertz CT molecular complexity index is 1200. The molecule has 5 rings (SSSR count). The molecule has 32 heavy (non-hydrogen) atoms. The number of aromatic nitrogens is 1. The highest BCUT2D eigenvalue weighted by atomic mass is 32.1. The molecule has 2 aliphatic rings. The van der Waals surface area contributed by atoms with Gasteiger partial charge in [0.15, 0.2) is 5.13 Å². The normalized spacial score (nSPS) is 25.2. The molecule has 168 valence electrons. The van der Waals surface area contributed by atoms with Crippen LogP contribution in [0.5, 0.6) is 5.75 Å². The number of hydrogen-bond acceptors (Lipinski definition) is 5. The number of carbonyl (C=O) groups excluding carboxylic acids is 1. The van der Waals surface area contributed by atoms with E-state index < -0.39 is 5.54 Å². The molecule has 1 saturated heterocycles. The van der Waals surface area contributed by atoms with Crippen LogP contribution >= 0.6 is 11.3 Å². The number of urea groups is 1. The zero-order chi connectivity index (χ0) is 22.6. The van der Waals surface area contributed by atoms with Crippen LogP contribution in [0.4, 0.5) is 14.3 Å². The first-order chi connectivity index (χ1) is 15.3. The van der Waals surface area contributed by atoms with Crippen LogP contribution < -0.4 is 5.32 Å². The second-order valence-corrected chi connectivity index (χ2v) is 10.1. The SMILES string of the molecule is C[C@@H]1c2cc(O)ccc2C[C@H]2N(C)CCC[C@]12N(C)C(=O)Nc1nc2cc(F)ccc2s1. The number of likely N-dealkylation sites (N-methyl/N-ethyl adjacent to an activating group) is 2. The van der Waals surface area contributed by atoms with E-state index in [9.17, 15) is 14.3 Å². The fourth-order valence-electron chi connectivity index (χ4n) is 5.80. The van der Waals surface area contributed by atoms with Crippen molar-refractivity contribution in [2.24, 2.45) is 0 Å². The van der Waals surface area contributed by atoms with Crippen molar-refractivity contribution in [2.45, 2.75) is 43.7 Å². The number of benzene rings is 2. The summed E-state index contributed by atoms with van der Waals surface area (Å²) in [5.41, 5.74) is 2.45. The van der Waals surface area contributed by atoms with Gasteiger partial charge in [-0.25, -0.2) is 14.2 Å². The standard InChI is InChI=1S/C24H27FN4O2S/c1-14-18-13-17(30)7-5-15(18)11-21-24(14,9-4-10-28(21)2)29(3)23(31)27-22-26-19-12-16(25)6-8-20(19)32-22/h5-8,12-14,21,30H,4,9-11H2,1-3H3,(H,26,27,31)/t14-,21-,24+/m1/s1. The predicted octanol–water partition coefficient (Wildman–Crippen LogP) is 4.80. The predicted molar refractivity (Wildman–Crippen MR) is 125 cm³/mol. The molecule has 0 bridgehead atoms. The van der Waals surface area contributed by atoms with E-state index in [0.717, 1.165) is 36.1 Å². The van der Waals surface area contributed by atoms with Gasteiger partial charge in [-0.05, 0) is 68.2 Å². The lowest BCUT2D eigenvalue weighted by Crippen LogP contribution is -2.69. The first kappa shape index (κ1) is 21.2. The van der Waals surface area contributed by atoms with Crippen molar-refractivity contribution < 1.29 is 14.3 Å². The van der Waals surface area contributed by atoms with Crippen LogP contribution in [0.15, 0.2) is 36.4 Å². The van der Waals surface area contributed by atoms with Crippen molar-refractivity contribution in [3.63, 3.8) is 0 Å². The number of aromatic hydroxyl groups is 1. The van der Waals surface area contributed by atoms with Crippen LogP contribution in [0.3, 0.4) is 0 Å². The monoisotopic (exact) mass is 454 g/mol. The lowest BCUT2D eigenvalue weighted by Gasteiger charge is -2.59. The molecule has 1 aliphatic heterocycles. The van der Waals surface area contributed by atoms with Crippen LogP contribution in [-0.4, -0.2) is 58.1 Å². The number of rotatable bonds is 2. The molecule has 1 fully saturated rings. The smallest absolute Gasteiger partial charge is 0.323 e. The highest BCUT2D eigenvalue weighted by Crippen LogP contribution is 2.49. The summed E-state index contributed by atoms with van der Waals surface area (Å²) in [5, 5.41) is 13.5. The molecule has 0 spiro atoms. The first-order valence-corrected chi connectivity index (χ1v) is 11.7. The second kappa shape index (κ2) is 7.71. The lowest BCUT2D eigenvalue weighted by atomic mass is 9.62. The molecule has 2 heterocycles. The van der Waals surface area contributed by atoms with Gasteiger partial charge in [-0.1, -0.05) is 24.3 Å². The quantitative estimate of drug-likeness (QED) is 0.584. The largest absolute Gasteiger partial charge is 0.508 e. The summed E-state index contributed by atoms with van der Waals surface area (Å²) in [6.07, 6.45) is 2.70. The van der Waals surface area contributed by atoms with Crippen molar-refractivity contribution in [3.8, 4) is 5.75 Å². The summed E-state index contributed by atoms with van der Waals surface area (Å²) in [5.74, 6) is -0.0452. The maximum absolute atomic E-state index is 13.5. The molecule has 2 N–H and O–H groups in total. The fraction of sp³-hybridized carbons (Fsp3) is 0.417. The zero-order valence-electron chi connectivity index (χ0n) is 18.4. The molecule has 1 aromatic heterocycles. The number of fused-ring (bicyclic) bond motifs is 3. The summed E-state index contributed by atoms with van der Waals surface area (Å²) in [6, 6.07) is 10.0. The summed E-state index contributed by atoms with van der Waals surface area (Å²) in [6.45, 7) is 3.15. The van der Waals surface area contributed by atoms with E-state index in [1.54, 1.807) is 12.1 Å². The van der Waals surface area contributed by atoms with E-state index in [2.05, 4.69) is 29.2 Å². The van der Waals surface area contributed by atoms with Gasteiger partial charge in [-0.3, -0.25) is 5.32 Å². The molecule has 8 heteroatoms. The summed E-state index contributed by atoms with van der Waals surface area (Å²) in [7, 11) is 3.99. The Labute approximate surface area is 190 Å². The van der Waals surface area contributed by atoms with Crippen molar-refractivity contribution in [1.82, 2.24) is 14.8 Å². The van der Waals surface area contributed by atoms with Gasteiger partial charge >= 0.3 is 6.03 Å². The van der Waals surface area contributed by atoms with E-state index in [4.69, 9.17) is 0 Å². The third kappa shape index (κ3) is 3.24. The highest BCUT2D eigenvalue weighted by molar-refractivity contribution is 7.22. The van der Waals surface area contributed by atoms with E-state index in [-0.39, 0.29) is 29.6 Å². The zero-order valence-corrected chi connectivity index (χ0v) is 19.2. The van der Waals surface area contributed by atoms with Gasteiger partial charge in [0.25, 0.3) is 0 Å². The summed E-state index contributed by atoms with van der Waals surface area (Å²) >= 11 is 1.34. The van der Waals surface area contributed by atoms with Crippen molar-refractivity contribution >= 4 is 32.7 Å². The fourth-order valence-corrected chi connectivity index (χ4v) is 6.64. The van der Waals surface area contributed by atoms with Crippen molar-refractivity contribution in [3.05, 3.63) is 53.3 Å². The Hall–Kier alpha value is -2.71. The molecule has 2 amide bonds. The lowest BCUT2D eigenvalue weighted by molar-refractivity contribution is -0.0157. The van der Waals surface area contributed by atoms with Crippen molar-refractivity contribution in [2.75, 3.05) is 26.0 Å². The number of likely N-dealkylation sites (tertiary alicyclic amines) is 1. The van der Waals surface area contributed by atoms with Gasteiger partial charge in [0, 0.05) is 25.1 Å². The number of piperidine rings is 1. The molecule has 6 nitrogen and oxygen atoms in total. The minimum Gasteiger partial charge on any atom is -0.508 e. The summed E-state index contributed by atoms with van der Waals surface area (Å²) in [4.78, 5) is 22.1. The topological polar surface area (TPSA) is 68.7 Å². The number of thiazole rings is 1. The molecule has 1 aliphatic carbocycles. The van der Waals surface area contributed by atoms with Crippen LogP contribution in [0.1, 0.15) is 36.8 Å². The Morgan fingerprint density at radius 3 is 2.97 bits per heavy atom. The molecule has 2 aromatic carbocycles. The molecular weight excluding hydrogens is 427 g/mol. The van der Waals surface area contributed by atoms with Crippen LogP contribution in [-0.2, 0) is 6.42 Å². The Balaban J connectivity index is 1.50. The van der Waals surface area contributed by atoms with Crippen LogP contribution in [0, 0.1) is 5.82 Å². The second-order valence-electron chi connectivity index (χ2n) is 9.02. The molecular formula is C24H27FN4O2S. The number of phenols is 1. The Morgan fingerprint density at radius 1 is 1.34 bits per heavy atom. The number of halogens is 1. The number of nitrogens with one attached hydrogen (secondary N) is 1. The molecule has 0 unspecified atom stereocenters. The average Bonchev–Trinajstić information content (AvgIpc) is 3.16. The highest BCUT2D eigenvalue weighted by Gasteiger charge is 2.54. The van der Waals surface area contributed by atoms with Gasteiger partial charge in [0.05, 0.1) is 15.8 Å². The van der Waals surface area contributed by atoms with Gasteiger partial charge in [-0.2, -0.15) is 0 Å². The van der Waals surface area contributed by atoms with E-state index in [0.29, 0.717) is 10.6 Å². The molecule has 0 saturated carbocycles. The molecule has 3 aromatic rings. The van der Waals surface area contributed by atoms with E-state index in [1.807, 2.05) is 24.1 Å². The van der Waals surface area contributed by atoms with Gasteiger partial charge < -0.3 is 14.9 Å². The van der Waals surface area contributed by atoms with E-state index in [1.165, 1.54) is 29.0 Å². The number of amides is 2. The number of anilines is 1. The maximum atomic E-state index is 13.5. The average molecular weight is 455 g/mol. The maximum Gasteiger partial charge on any atom is 0.323 e. The minimum absolute atomic E-state index is 0.0475. The first-order valence-electron chi connectivity index (χ1n) is 10.9. The Morgan fingerprint density at radius 2 is 2.16 bits per heavy atom. The number of nitrogens with zero attached hydrogens (tertiary/aromatic N) is 3. The van der Waals surface area contributed by atoms with Gasteiger partial charge in [0.1, 0.15) is 11.6 Å². The Kier molecular flexibility index (Phi) is 5.09. The van der Waals surface area contributed by atoms with Gasteiger partial charge in [0.2, 0.25) is 0 Å². The van der Waals surface area contributed by atoms with Gasteiger partial charge in [-0.15, -0.1) is 0 Å². The minimum atomic E-state index is -0.416. The number of hydrogen-bond donors (Lipinski definition) is 2. The molecule has 3 atom stereocenters. The van der Waals surface area contributed by atoms with Crippen molar-refractivity contribution in [1.29, 1.82) is 0 Å². The third-order valence-corrected chi connectivity index (χ3v) is 8.40. The number of phenolic OH excluding ortho intramolecular Hbond substituents is 1.